The first-order chi connectivity index (χ1) is 10.0. The zero-order chi connectivity index (χ0) is 15.3. The molecule has 0 saturated carbocycles. The van der Waals surface area contributed by atoms with Crippen molar-refractivity contribution in [3.8, 4) is 5.75 Å². The Morgan fingerprint density at radius 1 is 1.10 bits per heavy atom. The molecule has 6 heteroatoms. The van der Waals surface area contributed by atoms with E-state index in [2.05, 4.69) is 10.0 Å². The lowest BCUT2D eigenvalue weighted by atomic mass is 10.2. The van der Waals surface area contributed by atoms with E-state index in [1.54, 1.807) is 25.3 Å². The molecule has 0 fully saturated rings. The molecule has 0 amide bonds. The third kappa shape index (κ3) is 3.96. The summed E-state index contributed by atoms with van der Waals surface area (Å²) in [6, 6.07) is 14.4. The van der Waals surface area contributed by atoms with Crippen LogP contribution in [-0.4, -0.2) is 22.6 Å². The van der Waals surface area contributed by atoms with Crippen molar-refractivity contribution in [1.29, 1.82) is 0 Å². The summed E-state index contributed by atoms with van der Waals surface area (Å²) in [6.45, 7) is 0.584. The van der Waals surface area contributed by atoms with Crippen LogP contribution in [0, 0.1) is 0 Å². The summed E-state index contributed by atoms with van der Waals surface area (Å²) >= 11 is 0. The number of hydrogen-bond donors (Lipinski definition) is 2. The van der Waals surface area contributed by atoms with E-state index in [9.17, 15) is 8.42 Å². The molecule has 0 unspecified atom stereocenters. The van der Waals surface area contributed by atoms with Gasteiger partial charge in [-0.3, -0.25) is 0 Å². The van der Waals surface area contributed by atoms with Crippen LogP contribution in [0.4, 0.5) is 5.69 Å². The first-order valence-corrected chi connectivity index (χ1v) is 7.94. The SMILES string of the molecule is CNS(=O)(=O)c1cccc(NCc2cccc(OC)c2)c1. The molecule has 2 N–H and O–H groups in total. The van der Waals surface area contributed by atoms with Crippen LogP contribution in [-0.2, 0) is 16.6 Å². The second-order valence-electron chi connectivity index (χ2n) is 4.44. The highest BCUT2D eigenvalue weighted by atomic mass is 32.2. The van der Waals surface area contributed by atoms with Gasteiger partial charge in [0.05, 0.1) is 12.0 Å². The Balaban J connectivity index is 2.12. The van der Waals surface area contributed by atoms with Gasteiger partial charge < -0.3 is 10.1 Å². The monoisotopic (exact) mass is 306 g/mol. The lowest BCUT2D eigenvalue weighted by molar-refractivity contribution is 0.414. The van der Waals surface area contributed by atoms with Gasteiger partial charge in [-0.05, 0) is 42.9 Å². The molecule has 21 heavy (non-hydrogen) atoms. The number of anilines is 1. The molecule has 0 aliphatic rings. The van der Waals surface area contributed by atoms with E-state index in [-0.39, 0.29) is 4.90 Å². The van der Waals surface area contributed by atoms with Gasteiger partial charge in [0.15, 0.2) is 0 Å². The number of hydrogen-bond acceptors (Lipinski definition) is 4. The lowest BCUT2D eigenvalue weighted by Gasteiger charge is -2.09. The number of methoxy groups -OCH3 is 1. The van der Waals surface area contributed by atoms with Crippen LogP contribution in [0.2, 0.25) is 0 Å². The molecule has 0 aliphatic carbocycles. The lowest BCUT2D eigenvalue weighted by Crippen LogP contribution is -2.18. The summed E-state index contributed by atoms with van der Waals surface area (Å²) in [5, 5.41) is 3.20. The van der Waals surface area contributed by atoms with Crippen molar-refractivity contribution in [3.63, 3.8) is 0 Å². The smallest absolute Gasteiger partial charge is 0.240 e. The normalized spacial score (nSPS) is 11.1. The van der Waals surface area contributed by atoms with E-state index in [1.165, 1.54) is 7.05 Å². The van der Waals surface area contributed by atoms with Gasteiger partial charge in [-0.1, -0.05) is 18.2 Å². The maximum absolute atomic E-state index is 11.8. The van der Waals surface area contributed by atoms with Crippen molar-refractivity contribution in [2.24, 2.45) is 0 Å². The first kappa shape index (κ1) is 15.3. The van der Waals surface area contributed by atoms with Crippen molar-refractivity contribution in [3.05, 3.63) is 54.1 Å². The van der Waals surface area contributed by atoms with Crippen molar-refractivity contribution in [2.75, 3.05) is 19.5 Å². The van der Waals surface area contributed by atoms with Gasteiger partial charge in [0, 0.05) is 12.2 Å². The van der Waals surface area contributed by atoms with Crippen molar-refractivity contribution >= 4 is 15.7 Å². The van der Waals surface area contributed by atoms with Gasteiger partial charge in [0.1, 0.15) is 5.75 Å². The van der Waals surface area contributed by atoms with Crippen LogP contribution in [0.25, 0.3) is 0 Å². The molecule has 0 saturated heterocycles. The molecule has 0 heterocycles. The van der Waals surface area contributed by atoms with Gasteiger partial charge in [-0.25, -0.2) is 13.1 Å². The minimum atomic E-state index is -3.42. The van der Waals surface area contributed by atoms with Crippen LogP contribution in [0.1, 0.15) is 5.56 Å². The average molecular weight is 306 g/mol. The van der Waals surface area contributed by atoms with Crippen LogP contribution >= 0.6 is 0 Å². The van der Waals surface area contributed by atoms with E-state index in [0.717, 1.165) is 17.0 Å². The second kappa shape index (κ2) is 6.60. The van der Waals surface area contributed by atoms with Gasteiger partial charge in [0.25, 0.3) is 0 Å². The molecular formula is C15H18N2O3S. The molecule has 0 aromatic heterocycles. The zero-order valence-corrected chi connectivity index (χ0v) is 12.8. The molecule has 0 bridgehead atoms. The Labute approximate surface area is 125 Å². The summed E-state index contributed by atoms with van der Waals surface area (Å²) in [5.41, 5.74) is 1.80. The maximum atomic E-state index is 11.8. The highest BCUT2D eigenvalue weighted by Gasteiger charge is 2.11. The molecule has 2 aromatic carbocycles. The largest absolute Gasteiger partial charge is 0.497 e. The van der Waals surface area contributed by atoms with E-state index in [0.29, 0.717) is 6.54 Å². The van der Waals surface area contributed by atoms with Crippen molar-refractivity contribution < 1.29 is 13.2 Å². The van der Waals surface area contributed by atoms with Crippen LogP contribution in [0.15, 0.2) is 53.4 Å². The molecule has 0 spiro atoms. The summed E-state index contributed by atoms with van der Waals surface area (Å²) < 4.78 is 31.0. The minimum Gasteiger partial charge on any atom is -0.497 e. The highest BCUT2D eigenvalue weighted by Crippen LogP contribution is 2.17. The van der Waals surface area contributed by atoms with Gasteiger partial charge in [-0.15, -0.1) is 0 Å². The maximum Gasteiger partial charge on any atom is 0.240 e. The summed E-state index contributed by atoms with van der Waals surface area (Å²) in [6.07, 6.45) is 0. The topological polar surface area (TPSA) is 67.4 Å². The third-order valence-electron chi connectivity index (χ3n) is 3.04. The first-order valence-electron chi connectivity index (χ1n) is 6.45. The number of rotatable bonds is 6. The Morgan fingerprint density at radius 2 is 1.86 bits per heavy atom. The summed E-state index contributed by atoms with van der Waals surface area (Å²) in [5.74, 6) is 0.792. The van der Waals surface area contributed by atoms with E-state index in [1.807, 2.05) is 30.3 Å². The molecule has 0 aliphatic heterocycles. The molecule has 112 valence electrons. The minimum absolute atomic E-state index is 0.237. The number of sulfonamides is 1. The average Bonchev–Trinajstić information content (AvgIpc) is 2.53. The Kier molecular flexibility index (Phi) is 4.82. The highest BCUT2D eigenvalue weighted by molar-refractivity contribution is 7.89. The zero-order valence-electron chi connectivity index (χ0n) is 12.0. The Hall–Kier alpha value is -2.05. The molecule has 2 aromatic rings. The standard InChI is InChI=1S/C15H18N2O3S/c1-16-21(18,19)15-8-4-6-13(10-15)17-11-12-5-3-7-14(9-12)20-2/h3-10,16-17H,11H2,1-2H3. The quantitative estimate of drug-likeness (QED) is 0.858. The van der Waals surface area contributed by atoms with Crippen molar-refractivity contribution in [2.45, 2.75) is 11.4 Å². The predicted molar refractivity (Wildman–Crippen MR) is 83.0 cm³/mol. The fourth-order valence-electron chi connectivity index (χ4n) is 1.88. The molecule has 2 rings (SSSR count). The fraction of sp³-hybridized carbons (Fsp3) is 0.200. The fourth-order valence-corrected chi connectivity index (χ4v) is 2.65. The summed E-state index contributed by atoms with van der Waals surface area (Å²) in [4.78, 5) is 0.237. The number of benzene rings is 2. The molecule has 0 radical (unpaired) electrons. The number of ether oxygens (including phenoxy) is 1. The third-order valence-corrected chi connectivity index (χ3v) is 4.46. The van der Waals surface area contributed by atoms with Gasteiger partial charge in [-0.2, -0.15) is 0 Å². The van der Waals surface area contributed by atoms with E-state index >= 15 is 0 Å². The van der Waals surface area contributed by atoms with Gasteiger partial charge >= 0.3 is 0 Å². The molecule has 5 nitrogen and oxygen atoms in total. The molecular weight excluding hydrogens is 288 g/mol. The van der Waals surface area contributed by atoms with Crippen LogP contribution < -0.4 is 14.8 Å². The number of nitrogens with one attached hydrogen (secondary N) is 2. The van der Waals surface area contributed by atoms with Gasteiger partial charge in [0.2, 0.25) is 10.0 Å². The van der Waals surface area contributed by atoms with E-state index < -0.39 is 10.0 Å². The van der Waals surface area contributed by atoms with Crippen LogP contribution in [0.5, 0.6) is 5.75 Å². The molecule has 0 atom stereocenters. The van der Waals surface area contributed by atoms with Crippen molar-refractivity contribution in [1.82, 2.24) is 4.72 Å². The van der Waals surface area contributed by atoms with E-state index in [4.69, 9.17) is 4.74 Å². The second-order valence-corrected chi connectivity index (χ2v) is 6.33. The van der Waals surface area contributed by atoms with Crippen LogP contribution in [0.3, 0.4) is 0 Å². The Bertz CT molecular complexity index is 714. The summed E-state index contributed by atoms with van der Waals surface area (Å²) in [7, 11) is -0.406. The predicted octanol–water partition coefficient (Wildman–Crippen LogP) is 2.22. The Morgan fingerprint density at radius 3 is 2.57 bits per heavy atom.